The van der Waals surface area contributed by atoms with Gasteiger partial charge in [-0.3, -0.25) is 4.90 Å². The first-order valence-corrected chi connectivity index (χ1v) is 8.79. The molecule has 1 aliphatic rings. The van der Waals surface area contributed by atoms with Gasteiger partial charge in [0.15, 0.2) is 0 Å². The zero-order valence-corrected chi connectivity index (χ0v) is 14.5. The summed E-state index contributed by atoms with van der Waals surface area (Å²) in [5, 5.41) is 4.24. The molecular weight excluding hydrogens is 336 g/mol. The van der Waals surface area contributed by atoms with Crippen molar-refractivity contribution in [3.05, 3.63) is 33.3 Å². The number of nitrogens with zero attached hydrogens (tertiary/aromatic N) is 1. The van der Waals surface area contributed by atoms with Crippen LogP contribution in [0.15, 0.2) is 22.7 Å². The van der Waals surface area contributed by atoms with Gasteiger partial charge < -0.3 is 5.32 Å². The highest BCUT2D eigenvalue weighted by Crippen LogP contribution is 2.33. The van der Waals surface area contributed by atoms with Crippen LogP contribution in [-0.2, 0) is 0 Å². The van der Waals surface area contributed by atoms with Gasteiger partial charge in [0.25, 0.3) is 0 Å². The molecule has 1 aliphatic heterocycles. The molecule has 1 fully saturated rings. The highest BCUT2D eigenvalue weighted by atomic mass is 79.9. The van der Waals surface area contributed by atoms with E-state index >= 15 is 0 Å². The fourth-order valence-corrected chi connectivity index (χ4v) is 3.83. The zero-order chi connectivity index (χ0) is 14.4. The van der Waals surface area contributed by atoms with Crippen LogP contribution in [0, 0.1) is 0 Å². The average Bonchev–Trinajstić information content (AvgIpc) is 2.46. The summed E-state index contributed by atoms with van der Waals surface area (Å²) in [7, 11) is 0. The van der Waals surface area contributed by atoms with E-state index in [1.807, 2.05) is 12.1 Å². The van der Waals surface area contributed by atoms with Crippen molar-refractivity contribution in [3.8, 4) is 0 Å². The maximum Gasteiger partial charge on any atom is 0.0417 e. The van der Waals surface area contributed by atoms with Gasteiger partial charge in [-0.15, -0.1) is 0 Å². The van der Waals surface area contributed by atoms with Crippen molar-refractivity contribution >= 4 is 27.5 Å². The van der Waals surface area contributed by atoms with Crippen LogP contribution < -0.4 is 5.32 Å². The number of benzene rings is 1. The molecule has 0 aliphatic carbocycles. The Balaban J connectivity index is 2.15. The lowest BCUT2D eigenvalue weighted by atomic mass is 9.98. The Kier molecular flexibility index (Phi) is 6.82. The van der Waals surface area contributed by atoms with E-state index in [4.69, 9.17) is 11.6 Å². The van der Waals surface area contributed by atoms with E-state index < -0.39 is 0 Å². The molecule has 1 N–H and O–H groups in total. The summed E-state index contributed by atoms with van der Waals surface area (Å²) in [6.07, 6.45) is 5.11. The van der Waals surface area contributed by atoms with E-state index in [0.717, 1.165) is 35.7 Å². The molecule has 0 bridgehead atoms. The lowest BCUT2D eigenvalue weighted by Gasteiger charge is -2.36. The number of hydrogen-bond acceptors (Lipinski definition) is 2. The van der Waals surface area contributed by atoms with Gasteiger partial charge in [0, 0.05) is 41.7 Å². The largest absolute Gasteiger partial charge is 0.314 e. The van der Waals surface area contributed by atoms with Crippen LogP contribution in [0.5, 0.6) is 0 Å². The standard InChI is InChI=1S/C16H24BrClN2/c1-2-3-4-5-16(20-10-8-19-9-11-20)14-7-6-13(18)12-15(14)17/h6-7,12,16,19H,2-5,8-11H2,1H3/t16-/m0/s1. The Morgan fingerprint density at radius 3 is 2.70 bits per heavy atom. The number of halogens is 2. The monoisotopic (exact) mass is 358 g/mol. The number of rotatable bonds is 6. The van der Waals surface area contributed by atoms with Gasteiger partial charge in [0.1, 0.15) is 0 Å². The average molecular weight is 360 g/mol. The van der Waals surface area contributed by atoms with E-state index in [2.05, 4.69) is 39.1 Å². The minimum Gasteiger partial charge on any atom is -0.314 e. The molecule has 4 heteroatoms. The molecule has 112 valence electrons. The van der Waals surface area contributed by atoms with E-state index in [0.29, 0.717) is 6.04 Å². The van der Waals surface area contributed by atoms with Gasteiger partial charge in [-0.05, 0) is 24.1 Å². The second-order valence-corrected chi connectivity index (χ2v) is 6.75. The van der Waals surface area contributed by atoms with Crippen LogP contribution in [0.25, 0.3) is 0 Å². The molecule has 0 amide bonds. The van der Waals surface area contributed by atoms with Crippen molar-refractivity contribution in [1.82, 2.24) is 10.2 Å². The van der Waals surface area contributed by atoms with Gasteiger partial charge >= 0.3 is 0 Å². The first-order chi connectivity index (χ1) is 9.72. The van der Waals surface area contributed by atoms with E-state index in [1.165, 1.54) is 31.2 Å². The number of unbranched alkanes of at least 4 members (excludes halogenated alkanes) is 2. The summed E-state index contributed by atoms with van der Waals surface area (Å²) in [5.41, 5.74) is 1.38. The van der Waals surface area contributed by atoms with Crippen molar-refractivity contribution in [2.24, 2.45) is 0 Å². The molecule has 0 unspecified atom stereocenters. The molecule has 0 saturated carbocycles. The summed E-state index contributed by atoms with van der Waals surface area (Å²) in [6, 6.07) is 6.73. The predicted molar refractivity (Wildman–Crippen MR) is 90.5 cm³/mol. The van der Waals surface area contributed by atoms with Crippen LogP contribution in [0.3, 0.4) is 0 Å². The van der Waals surface area contributed by atoms with Crippen molar-refractivity contribution in [2.45, 2.75) is 38.6 Å². The molecule has 1 saturated heterocycles. The first kappa shape index (κ1) is 16.3. The van der Waals surface area contributed by atoms with Crippen molar-refractivity contribution in [3.63, 3.8) is 0 Å². The summed E-state index contributed by atoms with van der Waals surface area (Å²) >= 11 is 9.78. The van der Waals surface area contributed by atoms with Gasteiger partial charge in [-0.2, -0.15) is 0 Å². The summed E-state index contributed by atoms with van der Waals surface area (Å²) < 4.78 is 1.14. The van der Waals surface area contributed by atoms with Crippen LogP contribution in [-0.4, -0.2) is 31.1 Å². The minimum absolute atomic E-state index is 0.510. The van der Waals surface area contributed by atoms with Crippen molar-refractivity contribution in [1.29, 1.82) is 0 Å². The third-order valence-electron chi connectivity index (χ3n) is 3.99. The maximum atomic E-state index is 6.08. The smallest absolute Gasteiger partial charge is 0.0417 e. The van der Waals surface area contributed by atoms with Gasteiger partial charge in [-0.25, -0.2) is 0 Å². The molecule has 1 atom stereocenters. The second-order valence-electron chi connectivity index (χ2n) is 5.46. The summed E-state index contributed by atoms with van der Waals surface area (Å²) in [6.45, 7) is 6.71. The molecule has 0 aromatic heterocycles. The molecule has 2 rings (SSSR count). The molecule has 1 aromatic rings. The first-order valence-electron chi connectivity index (χ1n) is 7.62. The van der Waals surface area contributed by atoms with Crippen LogP contribution in [0.1, 0.15) is 44.2 Å². The third kappa shape index (κ3) is 4.45. The Hall–Kier alpha value is -0.0900. The molecule has 0 spiro atoms. The van der Waals surface area contributed by atoms with E-state index in [1.54, 1.807) is 0 Å². The maximum absolute atomic E-state index is 6.08. The SMILES string of the molecule is CCCCC[C@@H](c1ccc(Cl)cc1Br)N1CCNCC1. The Bertz CT molecular complexity index is 419. The van der Waals surface area contributed by atoms with Crippen LogP contribution in [0.4, 0.5) is 0 Å². The van der Waals surface area contributed by atoms with Crippen LogP contribution >= 0.6 is 27.5 Å². The number of piperazine rings is 1. The van der Waals surface area contributed by atoms with Gasteiger partial charge in [-0.1, -0.05) is 59.8 Å². The van der Waals surface area contributed by atoms with Crippen molar-refractivity contribution < 1.29 is 0 Å². The number of hydrogen-bond donors (Lipinski definition) is 1. The Morgan fingerprint density at radius 1 is 1.30 bits per heavy atom. The summed E-state index contributed by atoms with van der Waals surface area (Å²) in [4.78, 5) is 2.61. The number of nitrogens with one attached hydrogen (secondary N) is 1. The Labute approximate surface area is 136 Å². The topological polar surface area (TPSA) is 15.3 Å². The summed E-state index contributed by atoms with van der Waals surface area (Å²) in [5.74, 6) is 0. The van der Waals surface area contributed by atoms with Gasteiger partial charge in [0.05, 0.1) is 0 Å². The lowest BCUT2D eigenvalue weighted by molar-refractivity contribution is 0.162. The van der Waals surface area contributed by atoms with E-state index in [9.17, 15) is 0 Å². The fraction of sp³-hybridized carbons (Fsp3) is 0.625. The third-order valence-corrected chi connectivity index (χ3v) is 4.92. The lowest BCUT2D eigenvalue weighted by Crippen LogP contribution is -2.45. The zero-order valence-electron chi connectivity index (χ0n) is 12.2. The minimum atomic E-state index is 0.510. The molecule has 20 heavy (non-hydrogen) atoms. The van der Waals surface area contributed by atoms with Gasteiger partial charge in [0.2, 0.25) is 0 Å². The fourth-order valence-electron chi connectivity index (χ4n) is 2.89. The Morgan fingerprint density at radius 2 is 2.05 bits per heavy atom. The molecule has 0 radical (unpaired) electrons. The highest BCUT2D eigenvalue weighted by molar-refractivity contribution is 9.10. The molecule has 1 heterocycles. The molecule has 1 aromatic carbocycles. The van der Waals surface area contributed by atoms with E-state index in [-0.39, 0.29) is 0 Å². The molecule has 2 nitrogen and oxygen atoms in total. The normalized spacial score (nSPS) is 18.1. The van der Waals surface area contributed by atoms with Crippen molar-refractivity contribution in [2.75, 3.05) is 26.2 Å². The second kappa shape index (κ2) is 8.38. The van der Waals surface area contributed by atoms with Crippen LogP contribution in [0.2, 0.25) is 5.02 Å². The predicted octanol–water partition coefficient (Wildman–Crippen LogP) is 4.63. The quantitative estimate of drug-likeness (QED) is 0.745. The highest BCUT2D eigenvalue weighted by Gasteiger charge is 2.23. The molecular formula is C16H24BrClN2.